The number of halogens is 1. The van der Waals surface area contributed by atoms with Gasteiger partial charge in [0.1, 0.15) is 5.76 Å². The summed E-state index contributed by atoms with van der Waals surface area (Å²) in [5, 5.41) is 3.19. The molecule has 1 N–H and O–H groups in total. The molecule has 1 aromatic carbocycles. The lowest BCUT2D eigenvalue weighted by atomic mass is 10.2. The third kappa shape index (κ3) is 3.15. The van der Waals surface area contributed by atoms with E-state index in [1.807, 2.05) is 20.0 Å². The summed E-state index contributed by atoms with van der Waals surface area (Å²) < 4.78 is 6.42. The number of rotatable bonds is 4. The maximum Gasteiger partial charge on any atom is 0.114 e. The largest absolute Gasteiger partial charge is 0.468 e. The molecule has 17 heavy (non-hydrogen) atoms. The molecular weight excluding hydrogens is 298 g/mol. The van der Waals surface area contributed by atoms with E-state index >= 15 is 0 Å². The van der Waals surface area contributed by atoms with Gasteiger partial charge < -0.3 is 9.73 Å². The van der Waals surface area contributed by atoms with Crippen molar-refractivity contribution in [2.75, 3.05) is 7.05 Å². The van der Waals surface area contributed by atoms with E-state index in [-0.39, 0.29) is 0 Å². The fraction of sp³-hybridized carbons (Fsp3) is 0.231. The van der Waals surface area contributed by atoms with Crippen molar-refractivity contribution in [3.8, 4) is 0 Å². The van der Waals surface area contributed by atoms with Crippen LogP contribution in [0, 0.1) is 6.92 Å². The second-order valence-electron chi connectivity index (χ2n) is 3.73. The SMILES string of the molecule is CNCc1cc(Br)ccc1Sc1ccoc1C. The lowest BCUT2D eigenvalue weighted by molar-refractivity contribution is 0.527. The molecule has 0 spiro atoms. The Morgan fingerprint density at radius 2 is 2.12 bits per heavy atom. The summed E-state index contributed by atoms with van der Waals surface area (Å²) in [5.41, 5.74) is 1.28. The van der Waals surface area contributed by atoms with Gasteiger partial charge in [-0.1, -0.05) is 27.7 Å². The minimum atomic E-state index is 0.860. The van der Waals surface area contributed by atoms with Gasteiger partial charge in [-0.25, -0.2) is 0 Å². The van der Waals surface area contributed by atoms with E-state index in [2.05, 4.69) is 39.4 Å². The van der Waals surface area contributed by atoms with Crippen LogP contribution in [0.1, 0.15) is 11.3 Å². The van der Waals surface area contributed by atoms with Crippen LogP contribution < -0.4 is 5.32 Å². The first-order valence-corrected chi connectivity index (χ1v) is 6.96. The van der Waals surface area contributed by atoms with E-state index in [4.69, 9.17) is 4.42 Å². The first kappa shape index (κ1) is 12.7. The molecule has 0 aliphatic rings. The minimum Gasteiger partial charge on any atom is -0.468 e. The Morgan fingerprint density at radius 1 is 1.29 bits per heavy atom. The van der Waals surface area contributed by atoms with E-state index in [1.54, 1.807) is 18.0 Å². The summed E-state index contributed by atoms with van der Waals surface area (Å²) in [6.07, 6.45) is 1.73. The molecule has 0 aliphatic carbocycles. The molecule has 0 amide bonds. The summed E-state index contributed by atoms with van der Waals surface area (Å²) >= 11 is 5.24. The quantitative estimate of drug-likeness (QED) is 0.915. The molecule has 0 saturated heterocycles. The van der Waals surface area contributed by atoms with Crippen molar-refractivity contribution < 1.29 is 4.42 Å². The molecule has 0 radical (unpaired) electrons. The maximum atomic E-state index is 5.31. The minimum absolute atomic E-state index is 0.860. The van der Waals surface area contributed by atoms with Crippen molar-refractivity contribution in [2.24, 2.45) is 0 Å². The third-order valence-corrected chi connectivity index (χ3v) is 4.18. The van der Waals surface area contributed by atoms with Crippen molar-refractivity contribution in [3.05, 3.63) is 46.3 Å². The molecule has 4 heteroatoms. The normalized spacial score (nSPS) is 10.8. The summed E-state index contributed by atoms with van der Waals surface area (Å²) in [6.45, 7) is 2.84. The summed E-state index contributed by atoms with van der Waals surface area (Å²) in [4.78, 5) is 2.43. The fourth-order valence-corrected chi connectivity index (χ4v) is 2.93. The second kappa shape index (κ2) is 5.76. The highest BCUT2D eigenvalue weighted by Crippen LogP contribution is 2.34. The van der Waals surface area contributed by atoms with Gasteiger partial charge in [-0.2, -0.15) is 0 Å². The predicted octanol–water partition coefficient (Wildman–Crippen LogP) is 4.22. The van der Waals surface area contributed by atoms with Gasteiger partial charge in [0, 0.05) is 15.9 Å². The molecule has 90 valence electrons. The van der Waals surface area contributed by atoms with E-state index in [9.17, 15) is 0 Å². The Bertz CT molecular complexity index is 510. The van der Waals surface area contributed by atoms with Gasteiger partial charge in [-0.05, 0) is 43.8 Å². The van der Waals surface area contributed by atoms with Crippen molar-refractivity contribution in [2.45, 2.75) is 23.3 Å². The van der Waals surface area contributed by atoms with Crippen LogP contribution in [0.3, 0.4) is 0 Å². The highest BCUT2D eigenvalue weighted by Gasteiger charge is 2.08. The summed E-state index contributed by atoms with van der Waals surface area (Å²) in [5.74, 6) is 0.966. The monoisotopic (exact) mass is 311 g/mol. The van der Waals surface area contributed by atoms with Crippen LogP contribution in [-0.4, -0.2) is 7.05 Å². The lowest BCUT2D eigenvalue weighted by Crippen LogP contribution is -2.06. The van der Waals surface area contributed by atoms with Crippen molar-refractivity contribution in [1.82, 2.24) is 5.32 Å². The number of furan rings is 1. The Hall–Kier alpha value is -0.710. The highest BCUT2D eigenvalue weighted by molar-refractivity contribution is 9.10. The number of hydrogen-bond donors (Lipinski definition) is 1. The van der Waals surface area contributed by atoms with Crippen molar-refractivity contribution in [1.29, 1.82) is 0 Å². The Balaban J connectivity index is 2.29. The Kier molecular flexibility index (Phi) is 4.31. The van der Waals surface area contributed by atoms with Crippen molar-refractivity contribution >= 4 is 27.7 Å². The fourth-order valence-electron chi connectivity index (χ4n) is 1.57. The Labute approximate surface area is 114 Å². The molecule has 1 heterocycles. The van der Waals surface area contributed by atoms with Gasteiger partial charge in [0.2, 0.25) is 0 Å². The van der Waals surface area contributed by atoms with E-state index in [0.717, 1.165) is 16.8 Å². The van der Waals surface area contributed by atoms with Crippen LogP contribution >= 0.6 is 27.7 Å². The maximum absolute atomic E-state index is 5.31. The van der Waals surface area contributed by atoms with Crippen LogP contribution in [0.4, 0.5) is 0 Å². The van der Waals surface area contributed by atoms with Gasteiger partial charge in [-0.3, -0.25) is 0 Å². The van der Waals surface area contributed by atoms with Crippen LogP contribution in [0.5, 0.6) is 0 Å². The smallest absolute Gasteiger partial charge is 0.114 e. The van der Waals surface area contributed by atoms with E-state index in [0.29, 0.717) is 0 Å². The van der Waals surface area contributed by atoms with Gasteiger partial charge >= 0.3 is 0 Å². The summed E-state index contributed by atoms with van der Waals surface area (Å²) in [7, 11) is 1.96. The molecular formula is C13H14BrNOS. The topological polar surface area (TPSA) is 25.2 Å². The molecule has 2 aromatic rings. The Morgan fingerprint density at radius 3 is 2.76 bits per heavy atom. The first-order valence-electron chi connectivity index (χ1n) is 5.35. The van der Waals surface area contributed by atoms with Gasteiger partial charge in [0.15, 0.2) is 0 Å². The molecule has 0 bridgehead atoms. The average molecular weight is 312 g/mol. The third-order valence-electron chi connectivity index (χ3n) is 2.42. The lowest BCUT2D eigenvalue weighted by Gasteiger charge is -2.08. The van der Waals surface area contributed by atoms with Gasteiger partial charge in [0.25, 0.3) is 0 Å². The average Bonchev–Trinajstić information content (AvgIpc) is 2.69. The molecule has 0 unspecified atom stereocenters. The molecule has 0 saturated carbocycles. The zero-order valence-corrected chi connectivity index (χ0v) is 12.2. The van der Waals surface area contributed by atoms with Crippen LogP contribution in [0.2, 0.25) is 0 Å². The molecule has 0 aliphatic heterocycles. The zero-order valence-electron chi connectivity index (χ0n) is 9.79. The molecule has 1 aromatic heterocycles. The molecule has 0 atom stereocenters. The number of hydrogen-bond acceptors (Lipinski definition) is 3. The van der Waals surface area contributed by atoms with Gasteiger partial charge in [0.05, 0.1) is 11.2 Å². The van der Waals surface area contributed by atoms with Gasteiger partial charge in [-0.15, -0.1) is 0 Å². The van der Waals surface area contributed by atoms with Crippen molar-refractivity contribution in [3.63, 3.8) is 0 Å². The van der Waals surface area contributed by atoms with Crippen LogP contribution in [0.25, 0.3) is 0 Å². The second-order valence-corrected chi connectivity index (χ2v) is 5.72. The molecule has 0 fully saturated rings. The standard InChI is InChI=1S/C13H14BrNOS/c1-9-12(5-6-16-9)17-13-4-3-11(14)7-10(13)8-15-2/h3-7,15H,8H2,1-2H3. The number of aryl methyl sites for hydroxylation is 1. The predicted molar refractivity (Wildman–Crippen MR) is 74.5 cm³/mol. The number of nitrogens with one attached hydrogen (secondary N) is 1. The number of benzene rings is 1. The zero-order chi connectivity index (χ0) is 12.3. The van der Waals surface area contributed by atoms with E-state index < -0.39 is 0 Å². The summed E-state index contributed by atoms with van der Waals surface area (Å²) in [6, 6.07) is 8.35. The van der Waals surface area contributed by atoms with Crippen LogP contribution in [0.15, 0.2) is 49.2 Å². The van der Waals surface area contributed by atoms with Crippen LogP contribution in [-0.2, 0) is 6.54 Å². The van der Waals surface area contributed by atoms with E-state index in [1.165, 1.54) is 15.4 Å². The molecule has 2 rings (SSSR count). The first-order chi connectivity index (χ1) is 8.20. The molecule has 2 nitrogen and oxygen atoms in total. The highest BCUT2D eigenvalue weighted by atomic mass is 79.9.